The largest absolute Gasteiger partial charge is 0.496 e. The van der Waals surface area contributed by atoms with Gasteiger partial charge in [0.1, 0.15) is 5.75 Å². The van der Waals surface area contributed by atoms with Gasteiger partial charge in [-0.05, 0) is 56.8 Å². The van der Waals surface area contributed by atoms with Crippen LogP contribution in [0.1, 0.15) is 44.1 Å². The first-order chi connectivity index (χ1) is 10.3. The molecule has 1 saturated heterocycles. The van der Waals surface area contributed by atoms with Crippen molar-refractivity contribution in [3.8, 4) is 5.75 Å². The number of nitrogens with zero attached hydrogens (tertiary/aromatic N) is 1. The summed E-state index contributed by atoms with van der Waals surface area (Å²) >= 11 is 0. The van der Waals surface area contributed by atoms with Crippen molar-refractivity contribution in [1.29, 1.82) is 0 Å². The molecule has 21 heavy (non-hydrogen) atoms. The minimum absolute atomic E-state index is 0.203. The first-order valence-corrected chi connectivity index (χ1v) is 8.39. The van der Waals surface area contributed by atoms with E-state index in [1.807, 2.05) is 12.1 Å². The van der Waals surface area contributed by atoms with Crippen LogP contribution in [0.2, 0.25) is 0 Å². The number of hydrogen-bond donors (Lipinski definition) is 1. The van der Waals surface area contributed by atoms with Gasteiger partial charge in [-0.15, -0.1) is 0 Å². The van der Waals surface area contributed by atoms with Crippen LogP contribution >= 0.6 is 0 Å². The Balaban J connectivity index is 1.79. The maximum absolute atomic E-state index is 6.75. The zero-order chi connectivity index (χ0) is 14.7. The molecule has 2 aliphatic rings. The van der Waals surface area contributed by atoms with Gasteiger partial charge in [0.25, 0.3) is 0 Å². The van der Waals surface area contributed by atoms with Crippen LogP contribution < -0.4 is 10.5 Å². The van der Waals surface area contributed by atoms with E-state index in [4.69, 9.17) is 10.5 Å². The fraction of sp³-hybridized carbons (Fsp3) is 0.667. The van der Waals surface area contributed by atoms with Gasteiger partial charge in [0.15, 0.2) is 0 Å². The van der Waals surface area contributed by atoms with Gasteiger partial charge in [-0.1, -0.05) is 31.0 Å². The summed E-state index contributed by atoms with van der Waals surface area (Å²) in [6.45, 7) is 2.47. The van der Waals surface area contributed by atoms with E-state index in [0.717, 1.165) is 12.2 Å². The van der Waals surface area contributed by atoms with Crippen LogP contribution in [0.25, 0.3) is 0 Å². The maximum atomic E-state index is 6.75. The van der Waals surface area contributed by atoms with Gasteiger partial charge in [0.2, 0.25) is 0 Å². The number of para-hydroxylation sites is 1. The molecular formula is C18H28N2O. The number of methoxy groups -OCH3 is 1. The number of ether oxygens (including phenoxy) is 1. The third-order valence-corrected chi connectivity index (χ3v) is 5.53. The average Bonchev–Trinajstić information content (AvgIpc) is 3.19. The highest BCUT2D eigenvalue weighted by Gasteiger charge is 2.45. The van der Waals surface area contributed by atoms with E-state index in [0.29, 0.717) is 0 Å². The molecule has 1 aliphatic heterocycles. The van der Waals surface area contributed by atoms with E-state index < -0.39 is 0 Å². The van der Waals surface area contributed by atoms with E-state index in [-0.39, 0.29) is 11.6 Å². The summed E-state index contributed by atoms with van der Waals surface area (Å²) in [5, 5.41) is 0. The molecule has 1 heterocycles. The van der Waals surface area contributed by atoms with Gasteiger partial charge in [0, 0.05) is 11.6 Å². The van der Waals surface area contributed by atoms with Crippen LogP contribution in [0.3, 0.4) is 0 Å². The summed E-state index contributed by atoms with van der Waals surface area (Å²) in [6, 6.07) is 8.51. The normalized spacial score (nSPS) is 23.3. The third-order valence-electron chi connectivity index (χ3n) is 5.53. The minimum Gasteiger partial charge on any atom is -0.496 e. The molecule has 0 aromatic heterocycles. The predicted molar refractivity (Wildman–Crippen MR) is 86.7 cm³/mol. The van der Waals surface area contributed by atoms with Crippen LogP contribution in [-0.2, 0) is 6.42 Å². The van der Waals surface area contributed by atoms with Crippen LogP contribution in [0, 0.1) is 0 Å². The molecule has 3 nitrogen and oxygen atoms in total. The lowest BCUT2D eigenvalue weighted by Crippen LogP contribution is -2.58. The second kappa shape index (κ2) is 6.37. The zero-order valence-electron chi connectivity index (χ0n) is 13.2. The molecule has 3 rings (SSSR count). The second-order valence-corrected chi connectivity index (χ2v) is 6.63. The lowest BCUT2D eigenvalue weighted by molar-refractivity contribution is 0.0919. The van der Waals surface area contributed by atoms with Crippen molar-refractivity contribution in [2.45, 2.75) is 56.5 Å². The topological polar surface area (TPSA) is 38.5 Å². The highest BCUT2D eigenvalue weighted by molar-refractivity contribution is 5.34. The Hall–Kier alpha value is -1.06. The van der Waals surface area contributed by atoms with E-state index in [9.17, 15) is 0 Å². The van der Waals surface area contributed by atoms with E-state index in [1.54, 1.807) is 7.11 Å². The van der Waals surface area contributed by atoms with Crippen molar-refractivity contribution in [3.05, 3.63) is 29.8 Å². The van der Waals surface area contributed by atoms with E-state index in [2.05, 4.69) is 17.0 Å². The van der Waals surface area contributed by atoms with Crippen LogP contribution in [-0.4, -0.2) is 36.7 Å². The molecule has 1 atom stereocenters. The van der Waals surface area contributed by atoms with Gasteiger partial charge in [0.05, 0.1) is 7.11 Å². The standard InChI is InChI=1S/C18H28N2O/c1-21-16-9-3-2-8-15(16)14-17(19)18(10-4-5-11-18)20-12-6-7-13-20/h2-3,8-9,17H,4-7,10-14,19H2,1H3. The smallest absolute Gasteiger partial charge is 0.122 e. The van der Waals surface area contributed by atoms with Gasteiger partial charge >= 0.3 is 0 Å². The molecule has 0 spiro atoms. The number of hydrogen-bond acceptors (Lipinski definition) is 3. The molecule has 1 unspecified atom stereocenters. The molecule has 1 aliphatic carbocycles. The Morgan fingerprint density at radius 1 is 1.14 bits per heavy atom. The maximum Gasteiger partial charge on any atom is 0.122 e. The Kier molecular flexibility index (Phi) is 4.51. The molecule has 1 aromatic carbocycles. The molecular weight excluding hydrogens is 260 g/mol. The zero-order valence-corrected chi connectivity index (χ0v) is 13.2. The lowest BCUT2D eigenvalue weighted by atomic mass is 9.83. The highest BCUT2D eigenvalue weighted by Crippen LogP contribution is 2.40. The first-order valence-electron chi connectivity index (χ1n) is 8.39. The summed E-state index contributed by atoms with van der Waals surface area (Å²) in [5.41, 5.74) is 8.23. The van der Waals surface area contributed by atoms with Crippen molar-refractivity contribution < 1.29 is 4.74 Å². The SMILES string of the molecule is COc1ccccc1CC(N)C1(N2CCCC2)CCCC1. The van der Waals surface area contributed by atoms with Crippen molar-refractivity contribution in [2.24, 2.45) is 5.73 Å². The van der Waals surface area contributed by atoms with Gasteiger partial charge < -0.3 is 10.5 Å². The van der Waals surface area contributed by atoms with Crippen LogP contribution in [0.4, 0.5) is 0 Å². The number of rotatable bonds is 5. The van der Waals surface area contributed by atoms with Gasteiger partial charge in [-0.25, -0.2) is 0 Å². The van der Waals surface area contributed by atoms with Crippen molar-refractivity contribution in [1.82, 2.24) is 4.90 Å². The summed E-state index contributed by atoms with van der Waals surface area (Å²) < 4.78 is 5.50. The monoisotopic (exact) mass is 288 g/mol. The Labute approximate surface area is 128 Å². The summed E-state index contributed by atoms with van der Waals surface area (Å²) in [6.07, 6.45) is 8.78. The van der Waals surface area contributed by atoms with E-state index >= 15 is 0 Å². The minimum atomic E-state index is 0.203. The molecule has 116 valence electrons. The first kappa shape index (κ1) is 14.9. The fourth-order valence-corrected chi connectivity index (χ4v) is 4.37. The molecule has 2 fully saturated rings. The Morgan fingerprint density at radius 3 is 2.48 bits per heavy atom. The van der Waals surface area contributed by atoms with Crippen molar-refractivity contribution in [3.63, 3.8) is 0 Å². The summed E-state index contributed by atoms with van der Waals surface area (Å²) in [4.78, 5) is 2.69. The predicted octanol–water partition coefficient (Wildman–Crippen LogP) is 2.97. The summed E-state index contributed by atoms with van der Waals surface area (Å²) in [5.74, 6) is 0.975. The Bertz CT molecular complexity index is 462. The molecule has 1 saturated carbocycles. The lowest BCUT2D eigenvalue weighted by Gasteiger charge is -2.43. The molecule has 0 radical (unpaired) electrons. The number of benzene rings is 1. The molecule has 2 N–H and O–H groups in total. The average molecular weight is 288 g/mol. The Morgan fingerprint density at radius 2 is 1.81 bits per heavy atom. The van der Waals surface area contributed by atoms with E-state index in [1.165, 1.54) is 57.2 Å². The molecule has 0 amide bonds. The quantitative estimate of drug-likeness (QED) is 0.905. The molecule has 0 bridgehead atoms. The van der Waals surface area contributed by atoms with Crippen molar-refractivity contribution >= 4 is 0 Å². The molecule has 3 heteroatoms. The second-order valence-electron chi connectivity index (χ2n) is 6.63. The van der Waals surface area contributed by atoms with Crippen molar-refractivity contribution in [2.75, 3.05) is 20.2 Å². The molecule has 1 aromatic rings. The third kappa shape index (κ3) is 2.82. The van der Waals surface area contributed by atoms with Crippen LogP contribution in [0.15, 0.2) is 24.3 Å². The summed E-state index contributed by atoms with van der Waals surface area (Å²) in [7, 11) is 1.75. The number of likely N-dealkylation sites (tertiary alicyclic amines) is 1. The highest BCUT2D eigenvalue weighted by atomic mass is 16.5. The van der Waals surface area contributed by atoms with Crippen LogP contribution in [0.5, 0.6) is 5.75 Å². The number of nitrogens with two attached hydrogens (primary N) is 1. The van der Waals surface area contributed by atoms with Gasteiger partial charge in [-0.3, -0.25) is 4.90 Å². The van der Waals surface area contributed by atoms with Gasteiger partial charge in [-0.2, -0.15) is 0 Å². The fourth-order valence-electron chi connectivity index (χ4n) is 4.37.